The number of benzene rings is 1. The lowest BCUT2D eigenvalue weighted by atomic mass is 10.1. The highest BCUT2D eigenvalue weighted by atomic mass is 32.1. The zero-order valence-corrected chi connectivity index (χ0v) is 13.0. The normalized spacial score (nSPS) is 10.7. The summed E-state index contributed by atoms with van der Waals surface area (Å²) in [6, 6.07) is 2.79. The Kier molecular flexibility index (Phi) is 4.89. The van der Waals surface area contributed by atoms with Crippen molar-refractivity contribution in [2.24, 2.45) is 5.10 Å². The zero-order valence-electron chi connectivity index (χ0n) is 12.2. The molecule has 0 saturated heterocycles. The van der Waals surface area contributed by atoms with Gasteiger partial charge < -0.3 is 9.47 Å². The summed E-state index contributed by atoms with van der Waals surface area (Å²) in [5, 5.41) is 17.6. The van der Waals surface area contributed by atoms with E-state index in [9.17, 15) is 10.1 Å². The average molecular weight is 322 g/mol. The lowest BCUT2D eigenvalue weighted by Gasteiger charge is -2.08. The van der Waals surface area contributed by atoms with Crippen molar-refractivity contribution in [1.29, 1.82) is 0 Å². The second kappa shape index (κ2) is 6.85. The van der Waals surface area contributed by atoms with Crippen LogP contribution < -0.4 is 14.9 Å². The standard InChI is InChI=1S/C13H14N4O4S/c1-8-7-22-13(15-8)16-14-6-9-4-10(17(18)19)12(21-3)5-11(9)20-2/h4-7H,1-3H3,(H,15,16)/b14-6-. The molecule has 0 bridgehead atoms. The van der Waals surface area contributed by atoms with Crippen LogP contribution in [0.25, 0.3) is 0 Å². The molecule has 116 valence electrons. The van der Waals surface area contributed by atoms with E-state index >= 15 is 0 Å². The summed E-state index contributed by atoms with van der Waals surface area (Å²) < 4.78 is 10.2. The minimum absolute atomic E-state index is 0.127. The molecule has 1 aromatic carbocycles. The van der Waals surface area contributed by atoms with E-state index < -0.39 is 4.92 Å². The van der Waals surface area contributed by atoms with Crippen LogP contribution in [-0.4, -0.2) is 30.3 Å². The first-order valence-electron chi connectivity index (χ1n) is 6.16. The molecule has 0 radical (unpaired) electrons. The fourth-order valence-corrected chi connectivity index (χ4v) is 2.35. The molecule has 0 aliphatic rings. The van der Waals surface area contributed by atoms with E-state index in [2.05, 4.69) is 15.5 Å². The highest BCUT2D eigenvalue weighted by Gasteiger charge is 2.18. The Morgan fingerprint density at radius 3 is 2.64 bits per heavy atom. The predicted octanol–water partition coefficient (Wildman–Crippen LogP) is 2.82. The number of hydrogen-bond acceptors (Lipinski definition) is 8. The van der Waals surface area contributed by atoms with Gasteiger partial charge in [-0.15, -0.1) is 11.3 Å². The van der Waals surface area contributed by atoms with Crippen molar-refractivity contribution in [3.63, 3.8) is 0 Å². The smallest absolute Gasteiger partial charge is 0.311 e. The molecule has 2 aromatic rings. The van der Waals surface area contributed by atoms with Crippen LogP contribution in [-0.2, 0) is 0 Å². The van der Waals surface area contributed by atoms with Gasteiger partial charge in [0.15, 0.2) is 0 Å². The summed E-state index contributed by atoms with van der Waals surface area (Å²) >= 11 is 1.41. The summed E-state index contributed by atoms with van der Waals surface area (Å²) in [6.07, 6.45) is 1.43. The van der Waals surface area contributed by atoms with Gasteiger partial charge in [0.1, 0.15) is 5.75 Å². The first-order chi connectivity index (χ1) is 10.5. The summed E-state index contributed by atoms with van der Waals surface area (Å²) in [6.45, 7) is 1.88. The summed E-state index contributed by atoms with van der Waals surface area (Å²) in [5.41, 5.74) is 3.95. The predicted molar refractivity (Wildman–Crippen MR) is 84.3 cm³/mol. The van der Waals surface area contributed by atoms with E-state index in [0.29, 0.717) is 16.4 Å². The molecule has 1 heterocycles. The third-order valence-corrected chi connectivity index (χ3v) is 3.58. The van der Waals surface area contributed by atoms with Crippen LogP contribution in [0.15, 0.2) is 22.6 Å². The first-order valence-corrected chi connectivity index (χ1v) is 7.04. The third kappa shape index (κ3) is 3.50. The highest BCUT2D eigenvalue weighted by molar-refractivity contribution is 7.13. The van der Waals surface area contributed by atoms with Crippen LogP contribution >= 0.6 is 11.3 Å². The second-order valence-electron chi connectivity index (χ2n) is 4.19. The minimum atomic E-state index is -0.521. The number of rotatable bonds is 6. The van der Waals surface area contributed by atoms with Crippen LogP contribution in [0.1, 0.15) is 11.3 Å². The Morgan fingerprint density at radius 1 is 1.36 bits per heavy atom. The molecule has 0 atom stereocenters. The quantitative estimate of drug-likeness (QED) is 0.499. The van der Waals surface area contributed by atoms with Crippen molar-refractivity contribution in [3.8, 4) is 11.5 Å². The van der Waals surface area contributed by atoms with Gasteiger partial charge in [-0.2, -0.15) is 5.10 Å². The molecule has 9 heteroatoms. The van der Waals surface area contributed by atoms with Gasteiger partial charge in [0, 0.05) is 23.1 Å². The SMILES string of the molecule is COc1cc(OC)c([N+](=O)[O-])cc1/C=N\Nc1nc(C)cs1. The van der Waals surface area contributed by atoms with Crippen molar-refractivity contribution in [1.82, 2.24) is 4.98 Å². The van der Waals surface area contributed by atoms with Gasteiger partial charge >= 0.3 is 5.69 Å². The molecule has 1 N–H and O–H groups in total. The molecule has 0 unspecified atom stereocenters. The number of ether oxygens (including phenoxy) is 2. The lowest BCUT2D eigenvalue weighted by molar-refractivity contribution is -0.385. The zero-order chi connectivity index (χ0) is 16.1. The molecule has 0 amide bonds. The van der Waals surface area contributed by atoms with Crippen molar-refractivity contribution in [2.45, 2.75) is 6.92 Å². The Bertz CT molecular complexity index is 714. The molecule has 0 fully saturated rings. The minimum Gasteiger partial charge on any atom is -0.496 e. The van der Waals surface area contributed by atoms with Crippen LogP contribution in [0.4, 0.5) is 10.8 Å². The largest absolute Gasteiger partial charge is 0.496 e. The van der Waals surface area contributed by atoms with E-state index in [1.165, 1.54) is 43.9 Å². The fraction of sp³-hybridized carbons (Fsp3) is 0.231. The molecule has 0 saturated carbocycles. The van der Waals surface area contributed by atoms with E-state index in [-0.39, 0.29) is 11.4 Å². The number of nitrogens with one attached hydrogen (secondary N) is 1. The molecule has 1 aromatic heterocycles. The van der Waals surface area contributed by atoms with E-state index in [0.717, 1.165) is 5.69 Å². The first kappa shape index (κ1) is 15.7. The molecule has 0 aliphatic heterocycles. The van der Waals surface area contributed by atoms with Crippen LogP contribution in [0.2, 0.25) is 0 Å². The summed E-state index contributed by atoms with van der Waals surface area (Å²) in [7, 11) is 2.83. The number of thiazole rings is 1. The van der Waals surface area contributed by atoms with Crippen molar-refractivity contribution >= 4 is 28.4 Å². The molecule has 0 spiro atoms. The van der Waals surface area contributed by atoms with Crippen molar-refractivity contribution < 1.29 is 14.4 Å². The maximum atomic E-state index is 11.0. The Balaban J connectivity index is 2.28. The third-order valence-electron chi connectivity index (χ3n) is 2.71. The summed E-state index contributed by atoms with van der Waals surface area (Å²) in [5.74, 6) is 0.547. The van der Waals surface area contributed by atoms with Gasteiger partial charge in [0.05, 0.1) is 31.1 Å². The lowest BCUT2D eigenvalue weighted by Crippen LogP contribution is -1.99. The number of nitro benzene ring substituents is 1. The van der Waals surface area contributed by atoms with E-state index in [1.54, 1.807) is 0 Å². The Morgan fingerprint density at radius 2 is 2.09 bits per heavy atom. The van der Waals surface area contributed by atoms with Gasteiger partial charge in [0.2, 0.25) is 10.9 Å². The molecular formula is C13H14N4O4S. The number of nitrogens with zero attached hydrogens (tertiary/aromatic N) is 3. The van der Waals surface area contributed by atoms with E-state index in [1.807, 2.05) is 12.3 Å². The molecule has 22 heavy (non-hydrogen) atoms. The maximum Gasteiger partial charge on any atom is 0.311 e. The average Bonchev–Trinajstić information content (AvgIpc) is 2.92. The van der Waals surface area contributed by atoms with Gasteiger partial charge in [-0.3, -0.25) is 15.5 Å². The number of hydrazone groups is 1. The van der Waals surface area contributed by atoms with Crippen LogP contribution in [0.5, 0.6) is 11.5 Å². The number of nitro groups is 1. The van der Waals surface area contributed by atoms with Crippen molar-refractivity contribution in [2.75, 3.05) is 19.6 Å². The van der Waals surface area contributed by atoms with Gasteiger partial charge in [-0.25, -0.2) is 4.98 Å². The van der Waals surface area contributed by atoms with Crippen LogP contribution in [0, 0.1) is 17.0 Å². The van der Waals surface area contributed by atoms with E-state index in [4.69, 9.17) is 9.47 Å². The molecule has 0 aliphatic carbocycles. The highest BCUT2D eigenvalue weighted by Crippen LogP contribution is 2.33. The van der Waals surface area contributed by atoms with Gasteiger partial charge in [0.25, 0.3) is 0 Å². The topological polar surface area (TPSA) is 98.9 Å². The number of anilines is 1. The maximum absolute atomic E-state index is 11.0. The Hall–Kier alpha value is -2.68. The second-order valence-corrected chi connectivity index (χ2v) is 5.05. The monoisotopic (exact) mass is 322 g/mol. The summed E-state index contributed by atoms with van der Waals surface area (Å²) in [4.78, 5) is 14.7. The molecular weight excluding hydrogens is 308 g/mol. The van der Waals surface area contributed by atoms with Crippen molar-refractivity contribution in [3.05, 3.63) is 38.9 Å². The Labute approximate surface area is 130 Å². The van der Waals surface area contributed by atoms with Gasteiger partial charge in [-0.05, 0) is 6.92 Å². The van der Waals surface area contributed by atoms with Crippen LogP contribution in [0.3, 0.4) is 0 Å². The number of hydrogen-bond donors (Lipinski definition) is 1. The van der Waals surface area contributed by atoms with Gasteiger partial charge in [-0.1, -0.05) is 0 Å². The fourth-order valence-electron chi connectivity index (χ4n) is 1.71. The number of aromatic nitrogens is 1. The molecule has 2 rings (SSSR count). The molecule has 8 nitrogen and oxygen atoms in total. The number of methoxy groups -OCH3 is 2. The number of aryl methyl sites for hydroxylation is 1.